The largest absolute Gasteiger partial charge is 0.479 e. The number of halogens is 1. The number of amides is 1. The van der Waals surface area contributed by atoms with Crippen LogP contribution < -0.4 is 0 Å². The summed E-state index contributed by atoms with van der Waals surface area (Å²) in [6, 6.07) is 7.99. The predicted molar refractivity (Wildman–Crippen MR) is 83.4 cm³/mol. The quantitative estimate of drug-likeness (QED) is 0.856. The van der Waals surface area contributed by atoms with E-state index < -0.39 is 11.6 Å². The Morgan fingerprint density at radius 1 is 1.27 bits per heavy atom. The molecule has 1 saturated carbocycles. The predicted octanol–water partition coefficient (Wildman–Crippen LogP) is 1.99. The summed E-state index contributed by atoms with van der Waals surface area (Å²) >= 11 is 3.44. The molecule has 1 aliphatic heterocycles. The minimum absolute atomic E-state index is 0.00896. The van der Waals surface area contributed by atoms with Crippen LogP contribution in [0.3, 0.4) is 0 Å². The number of piperidine rings is 1. The molecule has 1 saturated heterocycles. The monoisotopic (exact) mass is 367 g/mol. The van der Waals surface area contributed by atoms with Crippen LogP contribution in [0.2, 0.25) is 0 Å². The second-order valence-electron chi connectivity index (χ2n) is 6.17. The van der Waals surface area contributed by atoms with Crippen LogP contribution in [0, 0.1) is 5.92 Å². The zero-order valence-corrected chi connectivity index (χ0v) is 13.6. The molecule has 1 amide bonds. The van der Waals surface area contributed by atoms with Gasteiger partial charge in [-0.25, -0.2) is 4.79 Å². The van der Waals surface area contributed by atoms with Gasteiger partial charge in [0.2, 0.25) is 5.91 Å². The lowest BCUT2D eigenvalue weighted by atomic mass is 9.91. The lowest BCUT2D eigenvalue weighted by Crippen LogP contribution is -2.51. The van der Waals surface area contributed by atoms with Gasteiger partial charge in [0, 0.05) is 36.3 Å². The maximum Gasteiger partial charge on any atom is 0.335 e. The number of hydrogen-bond donors (Lipinski definition) is 2. The molecule has 1 aliphatic carbocycles. The number of carbonyl (C=O) groups excluding carboxylic acids is 1. The van der Waals surface area contributed by atoms with Crippen LogP contribution in [0.15, 0.2) is 28.7 Å². The van der Waals surface area contributed by atoms with Gasteiger partial charge in [-0.1, -0.05) is 28.1 Å². The van der Waals surface area contributed by atoms with Gasteiger partial charge in [0.05, 0.1) is 0 Å². The molecule has 2 unspecified atom stereocenters. The van der Waals surface area contributed by atoms with Gasteiger partial charge in [-0.05, 0) is 30.0 Å². The van der Waals surface area contributed by atoms with E-state index >= 15 is 0 Å². The summed E-state index contributed by atoms with van der Waals surface area (Å²) in [5.41, 5.74) is -0.518. The Labute approximate surface area is 137 Å². The van der Waals surface area contributed by atoms with Crippen molar-refractivity contribution in [1.82, 2.24) is 4.90 Å². The molecule has 3 rings (SSSR count). The lowest BCUT2D eigenvalue weighted by molar-refractivity contribution is -0.165. The zero-order chi connectivity index (χ0) is 15.9. The third-order valence-corrected chi connectivity index (χ3v) is 5.18. The van der Waals surface area contributed by atoms with Gasteiger partial charge in [0.25, 0.3) is 0 Å². The first-order chi connectivity index (χ1) is 10.4. The van der Waals surface area contributed by atoms with Crippen molar-refractivity contribution in [3.8, 4) is 0 Å². The smallest absolute Gasteiger partial charge is 0.335 e. The Hall–Kier alpha value is -1.40. The molecule has 0 spiro atoms. The van der Waals surface area contributed by atoms with Gasteiger partial charge < -0.3 is 15.1 Å². The van der Waals surface area contributed by atoms with Crippen molar-refractivity contribution in [3.63, 3.8) is 0 Å². The van der Waals surface area contributed by atoms with E-state index in [0.29, 0.717) is 13.1 Å². The minimum Gasteiger partial charge on any atom is -0.479 e. The third-order valence-electron chi connectivity index (χ3n) is 4.68. The maximum atomic E-state index is 12.5. The first kappa shape index (κ1) is 15.5. The van der Waals surface area contributed by atoms with Crippen molar-refractivity contribution in [2.45, 2.75) is 30.8 Å². The van der Waals surface area contributed by atoms with E-state index in [0.717, 1.165) is 16.5 Å². The summed E-state index contributed by atoms with van der Waals surface area (Å²) in [7, 11) is 0. The van der Waals surface area contributed by atoms with Crippen LogP contribution in [-0.4, -0.2) is 45.7 Å². The van der Waals surface area contributed by atoms with Crippen LogP contribution in [0.25, 0.3) is 0 Å². The first-order valence-electron chi connectivity index (χ1n) is 7.41. The fourth-order valence-corrected chi connectivity index (χ4v) is 3.54. The molecular weight excluding hydrogens is 350 g/mol. The van der Waals surface area contributed by atoms with Gasteiger partial charge in [-0.2, -0.15) is 0 Å². The molecule has 22 heavy (non-hydrogen) atoms. The van der Waals surface area contributed by atoms with Crippen LogP contribution in [0.1, 0.15) is 30.7 Å². The molecule has 1 aromatic rings. The molecule has 118 valence electrons. The molecular formula is C16H18BrNO4. The molecule has 1 aromatic carbocycles. The van der Waals surface area contributed by atoms with Crippen LogP contribution in [0.5, 0.6) is 0 Å². The van der Waals surface area contributed by atoms with Crippen molar-refractivity contribution >= 4 is 27.8 Å². The van der Waals surface area contributed by atoms with Gasteiger partial charge in [0.15, 0.2) is 5.60 Å². The highest BCUT2D eigenvalue weighted by atomic mass is 79.9. The fraction of sp³-hybridized carbons (Fsp3) is 0.500. The third kappa shape index (κ3) is 2.90. The second kappa shape index (κ2) is 5.66. The molecule has 1 heterocycles. The Kier molecular flexibility index (Phi) is 3.99. The summed E-state index contributed by atoms with van der Waals surface area (Å²) in [6.07, 6.45) is 1.04. The van der Waals surface area contributed by atoms with E-state index in [1.807, 2.05) is 24.3 Å². The Morgan fingerprint density at radius 3 is 2.55 bits per heavy atom. The number of hydrogen-bond acceptors (Lipinski definition) is 3. The first-order valence-corrected chi connectivity index (χ1v) is 8.20. The van der Waals surface area contributed by atoms with Crippen LogP contribution in [-0.2, 0) is 9.59 Å². The molecule has 0 aromatic heterocycles. The van der Waals surface area contributed by atoms with E-state index in [1.54, 1.807) is 4.90 Å². The van der Waals surface area contributed by atoms with Crippen molar-refractivity contribution in [2.75, 3.05) is 13.1 Å². The zero-order valence-electron chi connectivity index (χ0n) is 12.0. The lowest BCUT2D eigenvalue weighted by Gasteiger charge is -2.35. The average molecular weight is 368 g/mol. The standard InChI is InChI=1S/C16H18BrNO4/c17-11-3-1-2-10(8-11)12-9-13(12)14(19)18-6-4-16(22,5-7-18)15(20)21/h1-3,8,12-13,22H,4-7,9H2,(H,20,21). The Bertz CT molecular complexity index is 610. The highest BCUT2D eigenvalue weighted by Gasteiger charge is 2.48. The minimum atomic E-state index is -1.68. The molecule has 2 atom stereocenters. The number of likely N-dealkylation sites (tertiary alicyclic amines) is 1. The number of carboxylic acids is 1. The van der Waals surface area contributed by atoms with Crippen molar-refractivity contribution in [3.05, 3.63) is 34.3 Å². The van der Waals surface area contributed by atoms with E-state index in [4.69, 9.17) is 5.11 Å². The van der Waals surface area contributed by atoms with E-state index in [9.17, 15) is 14.7 Å². The van der Waals surface area contributed by atoms with Gasteiger partial charge in [-0.15, -0.1) is 0 Å². The summed E-state index contributed by atoms with van der Waals surface area (Å²) in [5.74, 6) is -0.869. The molecule has 0 radical (unpaired) electrons. The maximum absolute atomic E-state index is 12.5. The molecule has 2 aliphatic rings. The summed E-state index contributed by atoms with van der Waals surface area (Å²) in [6.45, 7) is 0.618. The van der Waals surface area contributed by atoms with Gasteiger partial charge in [-0.3, -0.25) is 4.79 Å². The summed E-state index contributed by atoms with van der Waals surface area (Å²) in [4.78, 5) is 25.2. The molecule has 2 N–H and O–H groups in total. The number of rotatable bonds is 3. The van der Waals surface area contributed by atoms with Crippen molar-refractivity contribution < 1.29 is 19.8 Å². The van der Waals surface area contributed by atoms with Crippen molar-refractivity contribution in [2.24, 2.45) is 5.92 Å². The topological polar surface area (TPSA) is 77.8 Å². The fourth-order valence-electron chi connectivity index (χ4n) is 3.12. The molecule has 6 heteroatoms. The highest BCUT2D eigenvalue weighted by molar-refractivity contribution is 9.10. The van der Waals surface area contributed by atoms with E-state index in [1.165, 1.54) is 0 Å². The molecule has 5 nitrogen and oxygen atoms in total. The van der Waals surface area contributed by atoms with Gasteiger partial charge >= 0.3 is 5.97 Å². The second-order valence-corrected chi connectivity index (χ2v) is 7.08. The number of carbonyl (C=O) groups is 2. The van der Waals surface area contributed by atoms with E-state index in [2.05, 4.69) is 15.9 Å². The summed E-state index contributed by atoms with van der Waals surface area (Å²) < 4.78 is 1.01. The number of aliphatic carboxylic acids is 1. The molecule has 0 bridgehead atoms. The average Bonchev–Trinajstić information content (AvgIpc) is 3.28. The van der Waals surface area contributed by atoms with Crippen molar-refractivity contribution in [1.29, 1.82) is 0 Å². The Balaban J connectivity index is 1.60. The van der Waals surface area contributed by atoms with Crippen LogP contribution >= 0.6 is 15.9 Å². The SMILES string of the molecule is O=C(C1CC1c1cccc(Br)c1)N1CCC(O)(C(=O)O)CC1. The number of benzene rings is 1. The normalized spacial score (nSPS) is 26.5. The number of aliphatic hydroxyl groups is 1. The molecule has 2 fully saturated rings. The highest BCUT2D eigenvalue weighted by Crippen LogP contribution is 2.49. The summed E-state index contributed by atoms with van der Waals surface area (Å²) in [5, 5.41) is 18.9. The van der Waals surface area contributed by atoms with E-state index in [-0.39, 0.29) is 30.6 Å². The van der Waals surface area contributed by atoms with Gasteiger partial charge in [0.1, 0.15) is 0 Å². The van der Waals surface area contributed by atoms with Crippen LogP contribution in [0.4, 0.5) is 0 Å². The number of carboxylic acid groups (broad SMARTS) is 1. The number of nitrogens with zero attached hydrogens (tertiary/aromatic N) is 1. The Morgan fingerprint density at radius 2 is 1.95 bits per heavy atom.